The molecular formula is C25H30O3. The zero-order valence-electron chi connectivity index (χ0n) is 16.5. The van der Waals surface area contributed by atoms with Crippen LogP contribution in [0.15, 0.2) is 73.3 Å². The fourth-order valence-electron chi connectivity index (χ4n) is 4.48. The molecule has 2 aliphatic rings. The van der Waals surface area contributed by atoms with Gasteiger partial charge >= 0.3 is 0 Å². The van der Waals surface area contributed by atoms with Crippen molar-refractivity contribution in [3.63, 3.8) is 0 Å². The molecule has 2 fully saturated rings. The van der Waals surface area contributed by atoms with Crippen molar-refractivity contribution in [2.75, 3.05) is 6.61 Å². The van der Waals surface area contributed by atoms with Crippen LogP contribution in [0.3, 0.4) is 0 Å². The van der Waals surface area contributed by atoms with Crippen molar-refractivity contribution in [3.8, 4) is 0 Å². The van der Waals surface area contributed by atoms with Crippen LogP contribution >= 0.6 is 0 Å². The number of ether oxygens (including phenoxy) is 3. The summed E-state index contributed by atoms with van der Waals surface area (Å²) in [4.78, 5) is 0. The maximum atomic E-state index is 6.70. The quantitative estimate of drug-likeness (QED) is 0.611. The van der Waals surface area contributed by atoms with E-state index in [1.807, 2.05) is 30.3 Å². The second-order valence-electron chi connectivity index (χ2n) is 7.81. The lowest BCUT2D eigenvalue weighted by atomic mass is 9.84. The van der Waals surface area contributed by atoms with Crippen LogP contribution in [0.4, 0.5) is 0 Å². The van der Waals surface area contributed by atoms with E-state index in [1.54, 1.807) is 0 Å². The second kappa shape index (κ2) is 9.04. The molecule has 0 aliphatic carbocycles. The summed E-state index contributed by atoms with van der Waals surface area (Å²) >= 11 is 0. The Balaban J connectivity index is 1.50. The SMILES string of the molecule is C=C[C@H](c1ccccc1)[C@H]1CC[C@H](OCc2ccccc2)[C@]2(CCCCO2)O1. The highest BCUT2D eigenvalue weighted by atomic mass is 16.7. The first-order chi connectivity index (χ1) is 13.8. The molecule has 0 N–H and O–H groups in total. The summed E-state index contributed by atoms with van der Waals surface area (Å²) in [5.74, 6) is -0.468. The van der Waals surface area contributed by atoms with E-state index in [-0.39, 0.29) is 18.1 Å². The highest BCUT2D eigenvalue weighted by molar-refractivity contribution is 5.25. The van der Waals surface area contributed by atoms with Gasteiger partial charge in [-0.3, -0.25) is 0 Å². The lowest BCUT2D eigenvalue weighted by Crippen LogP contribution is -2.56. The Hall–Kier alpha value is -1.94. The molecule has 0 unspecified atom stereocenters. The summed E-state index contributed by atoms with van der Waals surface area (Å²) in [6.45, 7) is 5.42. The number of hydrogen-bond donors (Lipinski definition) is 0. The van der Waals surface area contributed by atoms with E-state index >= 15 is 0 Å². The predicted molar refractivity (Wildman–Crippen MR) is 111 cm³/mol. The minimum Gasteiger partial charge on any atom is -0.368 e. The fourth-order valence-corrected chi connectivity index (χ4v) is 4.48. The third-order valence-corrected chi connectivity index (χ3v) is 5.95. The van der Waals surface area contributed by atoms with E-state index in [1.165, 1.54) is 11.1 Å². The molecule has 2 aliphatic heterocycles. The number of benzene rings is 2. The van der Waals surface area contributed by atoms with Crippen LogP contribution in [0.5, 0.6) is 0 Å². The van der Waals surface area contributed by atoms with Crippen molar-refractivity contribution < 1.29 is 14.2 Å². The number of rotatable bonds is 6. The Morgan fingerprint density at radius 1 is 1.04 bits per heavy atom. The Labute approximate surface area is 168 Å². The summed E-state index contributed by atoms with van der Waals surface area (Å²) in [5.41, 5.74) is 2.43. The fraction of sp³-hybridized carbons (Fsp3) is 0.440. The Morgan fingerprint density at radius 2 is 1.79 bits per heavy atom. The zero-order chi connectivity index (χ0) is 19.2. The third-order valence-electron chi connectivity index (χ3n) is 5.95. The second-order valence-corrected chi connectivity index (χ2v) is 7.81. The molecule has 0 saturated carbocycles. The molecule has 0 bridgehead atoms. The minimum atomic E-state index is -0.633. The molecule has 2 aromatic carbocycles. The van der Waals surface area contributed by atoms with Crippen molar-refractivity contribution in [2.24, 2.45) is 0 Å². The minimum absolute atomic E-state index is 0.0366. The molecule has 2 saturated heterocycles. The molecule has 3 nitrogen and oxygen atoms in total. The molecule has 2 aromatic rings. The van der Waals surface area contributed by atoms with E-state index in [0.29, 0.717) is 6.61 Å². The molecule has 3 heteroatoms. The van der Waals surface area contributed by atoms with Crippen LogP contribution in [-0.2, 0) is 20.8 Å². The van der Waals surface area contributed by atoms with Gasteiger partial charge in [-0.25, -0.2) is 0 Å². The highest BCUT2D eigenvalue weighted by Gasteiger charge is 2.49. The molecule has 0 aromatic heterocycles. The molecule has 2 heterocycles. The Morgan fingerprint density at radius 3 is 2.46 bits per heavy atom. The van der Waals surface area contributed by atoms with E-state index in [9.17, 15) is 0 Å². The standard InChI is InChI=1S/C25H30O3/c1-2-22(21-13-7-4-8-14-21)23-15-16-24(25(28-23)17-9-10-18-27-25)26-19-20-11-5-3-6-12-20/h2-8,11-14,22-24H,1,9-10,15-19H2/t22-,23-,24+,25+/m1/s1. The maximum absolute atomic E-state index is 6.70. The van der Waals surface area contributed by atoms with Crippen molar-refractivity contribution >= 4 is 0 Å². The van der Waals surface area contributed by atoms with Gasteiger partial charge in [-0.15, -0.1) is 6.58 Å². The molecular weight excluding hydrogens is 348 g/mol. The monoisotopic (exact) mass is 378 g/mol. The summed E-state index contributed by atoms with van der Waals surface area (Å²) in [6.07, 6.45) is 7.01. The largest absolute Gasteiger partial charge is 0.368 e. The number of hydrogen-bond acceptors (Lipinski definition) is 3. The van der Waals surface area contributed by atoms with Crippen LogP contribution < -0.4 is 0 Å². The normalized spacial score (nSPS) is 28.7. The van der Waals surface area contributed by atoms with Crippen molar-refractivity contribution in [2.45, 2.75) is 62.6 Å². The average Bonchev–Trinajstić information content (AvgIpc) is 2.76. The molecule has 4 atom stereocenters. The summed E-state index contributed by atoms with van der Waals surface area (Å²) in [6, 6.07) is 20.8. The molecule has 28 heavy (non-hydrogen) atoms. The summed E-state index contributed by atoms with van der Waals surface area (Å²) in [7, 11) is 0. The average molecular weight is 379 g/mol. The lowest BCUT2D eigenvalue weighted by molar-refractivity contribution is -0.343. The first-order valence-corrected chi connectivity index (χ1v) is 10.5. The van der Waals surface area contributed by atoms with Gasteiger partial charge in [0, 0.05) is 12.3 Å². The van der Waals surface area contributed by atoms with Crippen molar-refractivity contribution in [1.82, 2.24) is 0 Å². The van der Waals surface area contributed by atoms with Gasteiger partial charge in [0.25, 0.3) is 0 Å². The van der Waals surface area contributed by atoms with Gasteiger partial charge in [-0.2, -0.15) is 0 Å². The van der Waals surface area contributed by atoms with Crippen LogP contribution in [0, 0.1) is 0 Å². The van der Waals surface area contributed by atoms with Crippen LogP contribution in [0.2, 0.25) is 0 Å². The van der Waals surface area contributed by atoms with Gasteiger partial charge in [0.2, 0.25) is 0 Å². The lowest BCUT2D eigenvalue weighted by Gasteiger charge is -2.49. The van der Waals surface area contributed by atoms with E-state index in [2.05, 4.69) is 43.0 Å². The Kier molecular flexibility index (Phi) is 6.26. The van der Waals surface area contributed by atoms with Gasteiger partial charge in [-0.05, 0) is 36.8 Å². The van der Waals surface area contributed by atoms with Gasteiger partial charge in [0.15, 0.2) is 5.79 Å². The van der Waals surface area contributed by atoms with E-state index in [4.69, 9.17) is 14.2 Å². The predicted octanol–water partition coefficient (Wildman–Crippen LogP) is 5.62. The van der Waals surface area contributed by atoms with Gasteiger partial charge in [-0.1, -0.05) is 66.7 Å². The molecule has 148 valence electrons. The maximum Gasteiger partial charge on any atom is 0.195 e. The van der Waals surface area contributed by atoms with Crippen molar-refractivity contribution in [1.29, 1.82) is 0 Å². The first kappa shape index (κ1) is 19.4. The molecule has 1 spiro atoms. The molecule has 0 radical (unpaired) electrons. The Bertz CT molecular complexity index is 737. The summed E-state index contributed by atoms with van der Waals surface area (Å²) < 4.78 is 19.3. The first-order valence-electron chi connectivity index (χ1n) is 10.5. The highest BCUT2D eigenvalue weighted by Crippen LogP contribution is 2.43. The van der Waals surface area contributed by atoms with Crippen molar-refractivity contribution in [3.05, 3.63) is 84.4 Å². The smallest absolute Gasteiger partial charge is 0.195 e. The van der Waals surface area contributed by atoms with E-state index < -0.39 is 5.79 Å². The van der Waals surface area contributed by atoms with Crippen LogP contribution in [-0.4, -0.2) is 24.6 Å². The third kappa shape index (κ3) is 4.22. The summed E-state index contributed by atoms with van der Waals surface area (Å²) in [5, 5.41) is 0. The van der Waals surface area contributed by atoms with Gasteiger partial charge < -0.3 is 14.2 Å². The van der Waals surface area contributed by atoms with Crippen LogP contribution in [0.25, 0.3) is 0 Å². The van der Waals surface area contributed by atoms with Crippen LogP contribution in [0.1, 0.15) is 49.1 Å². The topological polar surface area (TPSA) is 27.7 Å². The molecule has 0 amide bonds. The van der Waals surface area contributed by atoms with Gasteiger partial charge in [0.1, 0.15) is 6.10 Å². The zero-order valence-corrected chi connectivity index (χ0v) is 16.5. The van der Waals surface area contributed by atoms with Gasteiger partial charge in [0.05, 0.1) is 19.3 Å². The van der Waals surface area contributed by atoms with E-state index in [0.717, 1.165) is 38.7 Å². The molecule has 4 rings (SSSR count).